The second-order valence-corrected chi connectivity index (χ2v) is 4.75. The third-order valence-corrected chi connectivity index (χ3v) is 3.89. The fraction of sp³-hybridized carbons (Fsp3) is 0.727. The molecule has 1 heterocycles. The number of carbonyl (C=O) groups is 1. The van der Waals surface area contributed by atoms with Gasteiger partial charge >= 0.3 is 5.97 Å². The summed E-state index contributed by atoms with van der Waals surface area (Å²) in [7, 11) is 1.38. The molecule has 3 unspecified atom stereocenters. The first-order valence-corrected chi connectivity index (χ1v) is 5.80. The molecule has 2 saturated carbocycles. The van der Waals surface area contributed by atoms with Crippen molar-refractivity contribution in [3.8, 4) is 0 Å². The Balaban J connectivity index is 1.88. The van der Waals surface area contributed by atoms with Crippen molar-refractivity contribution < 1.29 is 9.53 Å². The number of carbonyl (C=O) groups excluding carboxylic acids is 1. The molecule has 0 saturated heterocycles. The van der Waals surface area contributed by atoms with Crippen LogP contribution >= 0.6 is 0 Å². The summed E-state index contributed by atoms with van der Waals surface area (Å²) in [5, 5.41) is 10.6. The lowest BCUT2D eigenvalue weighted by Gasteiger charge is -2.19. The quantitative estimate of drug-likeness (QED) is 0.768. The van der Waals surface area contributed by atoms with Gasteiger partial charge in [-0.1, -0.05) is 12.8 Å². The van der Waals surface area contributed by atoms with Gasteiger partial charge in [0.15, 0.2) is 5.69 Å². The van der Waals surface area contributed by atoms with E-state index in [0.717, 1.165) is 24.0 Å². The number of hydrogen-bond acceptors (Lipinski definition) is 4. The number of aromatic amines is 1. The number of H-pyrrole nitrogens is 1. The van der Waals surface area contributed by atoms with E-state index in [0.29, 0.717) is 11.6 Å². The highest BCUT2D eigenvalue weighted by atomic mass is 16.5. The van der Waals surface area contributed by atoms with E-state index in [4.69, 9.17) is 4.74 Å². The largest absolute Gasteiger partial charge is 0.464 e. The molecule has 0 radical (unpaired) electrons. The maximum absolute atomic E-state index is 11.5. The van der Waals surface area contributed by atoms with Crippen molar-refractivity contribution in [3.63, 3.8) is 0 Å². The summed E-state index contributed by atoms with van der Waals surface area (Å²) in [6.07, 6.45) is 4.99. The molecular weight excluding hydrogens is 206 g/mol. The third-order valence-electron chi connectivity index (χ3n) is 3.89. The molecule has 0 bridgehead atoms. The van der Waals surface area contributed by atoms with Crippen molar-refractivity contribution in [3.05, 3.63) is 11.4 Å². The number of hydrogen-bond donors (Lipinski definition) is 1. The molecule has 2 fully saturated rings. The predicted molar refractivity (Wildman–Crippen MR) is 55.9 cm³/mol. The number of fused-ring (bicyclic) bond motifs is 1. The maximum atomic E-state index is 11.5. The summed E-state index contributed by atoms with van der Waals surface area (Å²) in [4.78, 5) is 11.5. The van der Waals surface area contributed by atoms with E-state index in [-0.39, 0.29) is 5.97 Å². The van der Waals surface area contributed by atoms with Crippen molar-refractivity contribution in [2.24, 2.45) is 11.8 Å². The van der Waals surface area contributed by atoms with Gasteiger partial charge in [-0.05, 0) is 24.7 Å². The normalized spacial score (nSPS) is 31.9. The Morgan fingerprint density at radius 1 is 1.44 bits per heavy atom. The summed E-state index contributed by atoms with van der Waals surface area (Å²) in [5.41, 5.74) is 1.19. The number of nitrogens with zero attached hydrogens (tertiary/aromatic N) is 2. The zero-order chi connectivity index (χ0) is 11.1. The molecule has 3 rings (SSSR count). The van der Waals surface area contributed by atoms with Gasteiger partial charge in [0.1, 0.15) is 5.69 Å². The number of methoxy groups -OCH3 is 1. The van der Waals surface area contributed by atoms with Crippen LogP contribution in [0.25, 0.3) is 0 Å². The molecule has 0 aromatic carbocycles. The molecule has 1 aromatic heterocycles. The van der Waals surface area contributed by atoms with E-state index in [1.165, 1.54) is 26.4 Å². The summed E-state index contributed by atoms with van der Waals surface area (Å²) in [6.45, 7) is 0. The molecule has 16 heavy (non-hydrogen) atoms. The Morgan fingerprint density at radius 2 is 2.31 bits per heavy atom. The summed E-state index contributed by atoms with van der Waals surface area (Å²) in [5.74, 6) is 1.61. The smallest absolute Gasteiger partial charge is 0.360 e. The van der Waals surface area contributed by atoms with Crippen LogP contribution in [0.1, 0.15) is 47.8 Å². The first kappa shape index (κ1) is 9.81. The van der Waals surface area contributed by atoms with Gasteiger partial charge in [0.2, 0.25) is 0 Å². The van der Waals surface area contributed by atoms with Crippen LogP contribution in [0.4, 0.5) is 0 Å². The molecule has 2 aliphatic carbocycles. The Hall–Kier alpha value is -1.39. The number of ether oxygens (including phenoxy) is 1. The van der Waals surface area contributed by atoms with Crippen LogP contribution in [0.3, 0.4) is 0 Å². The van der Waals surface area contributed by atoms with E-state index in [1.807, 2.05) is 0 Å². The minimum atomic E-state index is -0.383. The molecule has 5 nitrogen and oxygen atoms in total. The standard InChI is InChI=1S/C11H15N3O2/c1-16-11(15)10-9(12-14-13-10)7-4-2-3-6-5-8(6)7/h6-8H,2-5H2,1H3,(H,12,13,14). The van der Waals surface area contributed by atoms with Crippen molar-refractivity contribution >= 4 is 5.97 Å². The van der Waals surface area contributed by atoms with Gasteiger partial charge in [0.25, 0.3) is 0 Å². The molecule has 3 atom stereocenters. The van der Waals surface area contributed by atoms with E-state index in [2.05, 4.69) is 15.4 Å². The van der Waals surface area contributed by atoms with Crippen LogP contribution < -0.4 is 0 Å². The monoisotopic (exact) mass is 221 g/mol. The highest BCUT2D eigenvalue weighted by molar-refractivity contribution is 5.88. The van der Waals surface area contributed by atoms with Crippen LogP contribution in [0.5, 0.6) is 0 Å². The molecule has 86 valence electrons. The van der Waals surface area contributed by atoms with Crippen LogP contribution in [0, 0.1) is 11.8 Å². The number of rotatable bonds is 2. The molecule has 2 aliphatic rings. The van der Waals surface area contributed by atoms with Crippen molar-refractivity contribution in [2.75, 3.05) is 7.11 Å². The Bertz CT molecular complexity index is 415. The highest BCUT2D eigenvalue weighted by Gasteiger charge is 2.47. The second-order valence-electron chi connectivity index (χ2n) is 4.75. The zero-order valence-electron chi connectivity index (χ0n) is 9.27. The van der Waals surface area contributed by atoms with E-state index in [1.54, 1.807) is 0 Å². The molecule has 1 aromatic rings. The van der Waals surface area contributed by atoms with Gasteiger partial charge in [0.05, 0.1) is 7.11 Å². The zero-order valence-corrected chi connectivity index (χ0v) is 9.27. The third kappa shape index (κ3) is 1.42. The minimum absolute atomic E-state index is 0.375. The number of nitrogens with one attached hydrogen (secondary N) is 1. The topological polar surface area (TPSA) is 67.9 Å². The summed E-state index contributed by atoms with van der Waals surface area (Å²) < 4.78 is 4.71. The fourth-order valence-corrected chi connectivity index (χ4v) is 2.99. The van der Waals surface area contributed by atoms with Gasteiger partial charge in [-0.3, -0.25) is 0 Å². The van der Waals surface area contributed by atoms with Crippen LogP contribution in [-0.4, -0.2) is 28.5 Å². The molecule has 5 heteroatoms. The Morgan fingerprint density at radius 3 is 3.12 bits per heavy atom. The lowest BCUT2D eigenvalue weighted by atomic mass is 9.86. The lowest BCUT2D eigenvalue weighted by molar-refractivity contribution is 0.0591. The number of esters is 1. The van der Waals surface area contributed by atoms with Crippen molar-refractivity contribution in [2.45, 2.75) is 31.6 Å². The second kappa shape index (κ2) is 3.57. The molecular formula is C11H15N3O2. The average Bonchev–Trinajstić information content (AvgIpc) is 2.95. The van der Waals surface area contributed by atoms with Gasteiger partial charge in [0, 0.05) is 5.92 Å². The average molecular weight is 221 g/mol. The fourth-order valence-electron chi connectivity index (χ4n) is 2.99. The van der Waals surface area contributed by atoms with E-state index >= 15 is 0 Å². The van der Waals surface area contributed by atoms with Crippen LogP contribution in [0.2, 0.25) is 0 Å². The first-order valence-electron chi connectivity index (χ1n) is 5.80. The molecule has 0 amide bonds. The summed E-state index contributed by atoms with van der Waals surface area (Å²) >= 11 is 0. The first-order chi connectivity index (χ1) is 7.81. The van der Waals surface area contributed by atoms with E-state index in [9.17, 15) is 4.79 Å². The van der Waals surface area contributed by atoms with Gasteiger partial charge in [-0.2, -0.15) is 10.3 Å². The van der Waals surface area contributed by atoms with E-state index < -0.39 is 0 Å². The Labute approximate surface area is 93.6 Å². The predicted octanol–water partition coefficient (Wildman–Crippen LogP) is 1.49. The van der Waals surface area contributed by atoms with Crippen molar-refractivity contribution in [1.29, 1.82) is 0 Å². The SMILES string of the molecule is COC(=O)c1n[nH]nc1C1CCCC2CC21. The van der Waals surface area contributed by atoms with Gasteiger partial charge < -0.3 is 4.74 Å². The molecule has 0 aliphatic heterocycles. The minimum Gasteiger partial charge on any atom is -0.464 e. The van der Waals surface area contributed by atoms with Gasteiger partial charge in [-0.25, -0.2) is 4.79 Å². The van der Waals surface area contributed by atoms with Crippen LogP contribution in [-0.2, 0) is 4.74 Å². The summed E-state index contributed by atoms with van der Waals surface area (Å²) in [6, 6.07) is 0. The Kier molecular flexibility index (Phi) is 2.19. The molecule has 1 N–H and O–H groups in total. The maximum Gasteiger partial charge on any atom is 0.360 e. The van der Waals surface area contributed by atoms with Gasteiger partial charge in [-0.15, -0.1) is 5.10 Å². The van der Waals surface area contributed by atoms with Crippen molar-refractivity contribution in [1.82, 2.24) is 15.4 Å². The highest BCUT2D eigenvalue weighted by Crippen LogP contribution is 2.56. The molecule has 0 spiro atoms. The lowest BCUT2D eigenvalue weighted by Crippen LogP contribution is -2.14. The van der Waals surface area contributed by atoms with Crippen LogP contribution in [0.15, 0.2) is 0 Å². The number of aromatic nitrogens is 3.